The Bertz CT molecular complexity index is 1330. The molecule has 1 unspecified atom stereocenters. The average Bonchev–Trinajstić information content (AvgIpc) is 3.31. The van der Waals surface area contributed by atoms with Crippen molar-refractivity contribution in [2.75, 3.05) is 37.6 Å². The van der Waals surface area contributed by atoms with Crippen molar-refractivity contribution in [1.29, 1.82) is 0 Å². The number of hydrogen-bond acceptors (Lipinski definition) is 7. The van der Waals surface area contributed by atoms with E-state index in [9.17, 15) is 32.6 Å². The zero-order valence-corrected chi connectivity index (χ0v) is 21.7. The third kappa shape index (κ3) is 6.08. The molecule has 2 heterocycles. The summed E-state index contributed by atoms with van der Waals surface area (Å²) in [6.45, 7) is 5.93. The lowest BCUT2D eigenvalue weighted by Gasteiger charge is -2.38. The average molecular weight is 551 g/mol. The number of aromatic nitrogens is 3. The van der Waals surface area contributed by atoms with Crippen LogP contribution >= 0.6 is 0 Å². The Kier molecular flexibility index (Phi) is 8.00. The van der Waals surface area contributed by atoms with Crippen LogP contribution in [0, 0.1) is 0 Å². The maximum absolute atomic E-state index is 14.5. The lowest BCUT2D eigenvalue weighted by Crippen LogP contribution is -2.51. The number of piperazine rings is 1. The van der Waals surface area contributed by atoms with Crippen LogP contribution in [0.25, 0.3) is 17.1 Å². The first-order valence-electron chi connectivity index (χ1n) is 12.5. The monoisotopic (exact) mass is 550 g/mol. The Morgan fingerprint density at radius 1 is 1.08 bits per heavy atom. The standard InChI is InChI=1S/C26H30F4N6O3/c1-4-34-9-10-35(13-22(34)27)16-5-7-17(8-6-16)36-23(19-11-18(15(2)3)20(37)12-21(19)38)32-33-24(36)25(39)31-14-26(28,29)30/h5-8,11-12,15,22,37-38H,4,9-10,13-14H2,1-3H3,(H,31,39). The second kappa shape index (κ2) is 11.1. The molecule has 4 rings (SSSR count). The summed E-state index contributed by atoms with van der Waals surface area (Å²) in [6, 6.07) is 9.28. The second-order valence-electron chi connectivity index (χ2n) is 9.59. The molecule has 0 spiro atoms. The summed E-state index contributed by atoms with van der Waals surface area (Å²) in [5.74, 6) is -2.19. The Morgan fingerprint density at radius 3 is 2.33 bits per heavy atom. The highest BCUT2D eigenvalue weighted by Gasteiger charge is 2.31. The van der Waals surface area contributed by atoms with E-state index < -0.39 is 30.7 Å². The van der Waals surface area contributed by atoms with Gasteiger partial charge >= 0.3 is 6.18 Å². The van der Waals surface area contributed by atoms with Gasteiger partial charge in [-0.25, -0.2) is 4.39 Å². The van der Waals surface area contributed by atoms with Crippen LogP contribution in [-0.2, 0) is 0 Å². The van der Waals surface area contributed by atoms with E-state index in [0.717, 1.165) is 11.8 Å². The van der Waals surface area contributed by atoms with Crippen LogP contribution in [0.5, 0.6) is 11.5 Å². The quantitative estimate of drug-likeness (QED) is 0.299. The first-order valence-corrected chi connectivity index (χ1v) is 12.5. The number of amides is 1. The van der Waals surface area contributed by atoms with Crippen LogP contribution < -0.4 is 10.2 Å². The van der Waals surface area contributed by atoms with Crippen LogP contribution in [0.4, 0.5) is 23.2 Å². The molecule has 0 radical (unpaired) electrons. The third-order valence-corrected chi connectivity index (χ3v) is 6.63. The highest BCUT2D eigenvalue weighted by atomic mass is 19.4. The first kappa shape index (κ1) is 28.1. The molecule has 1 aliphatic heterocycles. The molecular formula is C26H30F4N6O3. The number of phenols is 2. The number of nitrogens with zero attached hydrogens (tertiary/aromatic N) is 5. The van der Waals surface area contributed by atoms with Gasteiger partial charge in [0.1, 0.15) is 18.0 Å². The highest BCUT2D eigenvalue weighted by Crippen LogP contribution is 2.38. The molecule has 210 valence electrons. The van der Waals surface area contributed by atoms with Crippen molar-refractivity contribution in [3.05, 3.63) is 47.8 Å². The molecule has 1 atom stereocenters. The van der Waals surface area contributed by atoms with Gasteiger partial charge in [-0.2, -0.15) is 13.2 Å². The van der Waals surface area contributed by atoms with Crippen molar-refractivity contribution in [1.82, 2.24) is 25.0 Å². The maximum Gasteiger partial charge on any atom is 0.405 e. The van der Waals surface area contributed by atoms with Gasteiger partial charge in [-0.15, -0.1) is 10.2 Å². The van der Waals surface area contributed by atoms with Crippen molar-refractivity contribution >= 4 is 11.6 Å². The lowest BCUT2D eigenvalue weighted by molar-refractivity contribution is -0.123. The van der Waals surface area contributed by atoms with Crippen molar-refractivity contribution < 1.29 is 32.6 Å². The van der Waals surface area contributed by atoms with Gasteiger partial charge in [0.15, 0.2) is 12.1 Å². The fraction of sp³-hybridized carbons (Fsp3) is 0.423. The summed E-state index contributed by atoms with van der Waals surface area (Å²) in [5.41, 5.74) is 1.67. The van der Waals surface area contributed by atoms with E-state index in [-0.39, 0.29) is 35.3 Å². The van der Waals surface area contributed by atoms with Gasteiger partial charge in [0, 0.05) is 30.5 Å². The molecule has 1 aliphatic rings. The van der Waals surface area contributed by atoms with Crippen LogP contribution in [-0.4, -0.2) is 81.0 Å². The number of aromatic hydroxyl groups is 2. The third-order valence-electron chi connectivity index (χ3n) is 6.63. The molecule has 1 amide bonds. The summed E-state index contributed by atoms with van der Waals surface area (Å²) in [5, 5.41) is 30.5. The predicted molar refractivity (Wildman–Crippen MR) is 137 cm³/mol. The fourth-order valence-electron chi connectivity index (χ4n) is 4.53. The topological polar surface area (TPSA) is 107 Å². The first-order chi connectivity index (χ1) is 18.4. The van der Waals surface area contributed by atoms with E-state index in [1.54, 1.807) is 34.5 Å². The molecule has 3 N–H and O–H groups in total. The molecule has 0 saturated carbocycles. The minimum absolute atomic E-state index is 0.0142. The van der Waals surface area contributed by atoms with Gasteiger partial charge in [0.2, 0.25) is 5.82 Å². The number of halogens is 4. The SMILES string of the molecule is CCN1CCN(c2ccc(-n3c(C(=O)NCC(F)(F)F)nnc3-c3cc(C(C)C)c(O)cc3O)cc2)CC1F. The number of alkyl halides is 4. The Labute approximate surface area is 222 Å². The number of likely N-dealkylation sites (N-methyl/N-ethyl adjacent to an activating group) is 1. The predicted octanol–water partition coefficient (Wildman–Crippen LogP) is 4.20. The molecular weight excluding hydrogens is 520 g/mol. The van der Waals surface area contributed by atoms with E-state index in [4.69, 9.17) is 0 Å². The van der Waals surface area contributed by atoms with Gasteiger partial charge in [-0.3, -0.25) is 14.3 Å². The van der Waals surface area contributed by atoms with E-state index in [1.165, 1.54) is 10.6 Å². The zero-order valence-electron chi connectivity index (χ0n) is 21.7. The van der Waals surface area contributed by atoms with Crippen molar-refractivity contribution in [3.8, 4) is 28.6 Å². The maximum atomic E-state index is 14.5. The zero-order chi connectivity index (χ0) is 28.5. The Morgan fingerprint density at radius 2 is 1.74 bits per heavy atom. The van der Waals surface area contributed by atoms with Gasteiger partial charge in [0.25, 0.3) is 5.91 Å². The molecule has 0 bridgehead atoms. The number of carbonyl (C=O) groups excluding carboxylic acids is 1. The number of hydrogen-bond donors (Lipinski definition) is 3. The summed E-state index contributed by atoms with van der Waals surface area (Å²) in [4.78, 5) is 16.4. The van der Waals surface area contributed by atoms with Gasteiger partial charge in [0.05, 0.1) is 12.1 Å². The second-order valence-corrected chi connectivity index (χ2v) is 9.59. The Hall–Kier alpha value is -3.87. The minimum atomic E-state index is -4.64. The van der Waals surface area contributed by atoms with Gasteiger partial charge in [-0.1, -0.05) is 20.8 Å². The highest BCUT2D eigenvalue weighted by molar-refractivity contribution is 5.92. The molecule has 9 nitrogen and oxygen atoms in total. The molecule has 2 aromatic carbocycles. The van der Waals surface area contributed by atoms with Gasteiger partial charge < -0.3 is 20.4 Å². The summed E-state index contributed by atoms with van der Waals surface area (Å²) in [6.07, 6.45) is -5.76. The molecule has 1 aromatic heterocycles. The molecule has 1 fully saturated rings. The van der Waals surface area contributed by atoms with Crippen molar-refractivity contribution in [2.45, 2.75) is 39.2 Å². The van der Waals surface area contributed by atoms with Crippen LogP contribution in [0.1, 0.15) is 42.9 Å². The van der Waals surface area contributed by atoms with Crippen LogP contribution in [0.2, 0.25) is 0 Å². The van der Waals surface area contributed by atoms with E-state index in [2.05, 4.69) is 10.2 Å². The van der Waals surface area contributed by atoms with E-state index >= 15 is 0 Å². The molecule has 1 saturated heterocycles. The number of phenolic OH excluding ortho intramolecular Hbond substituents is 2. The van der Waals surface area contributed by atoms with Crippen LogP contribution in [0.15, 0.2) is 36.4 Å². The number of rotatable bonds is 7. The number of anilines is 1. The summed E-state index contributed by atoms with van der Waals surface area (Å²) >= 11 is 0. The molecule has 0 aliphatic carbocycles. The van der Waals surface area contributed by atoms with Crippen molar-refractivity contribution in [2.24, 2.45) is 0 Å². The Balaban J connectivity index is 1.76. The molecule has 13 heteroatoms. The van der Waals surface area contributed by atoms with Crippen LogP contribution in [0.3, 0.4) is 0 Å². The fourth-order valence-corrected chi connectivity index (χ4v) is 4.53. The number of benzene rings is 2. The normalized spacial score (nSPS) is 16.6. The molecule has 39 heavy (non-hydrogen) atoms. The number of carbonyl (C=O) groups is 1. The summed E-state index contributed by atoms with van der Waals surface area (Å²) in [7, 11) is 0. The van der Waals surface area contributed by atoms with E-state index in [1.807, 2.05) is 25.7 Å². The summed E-state index contributed by atoms with van der Waals surface area (Å²) < 4.78 is 54.1. The smallest absolute Gasteiger partial charge is 0.405 e. The minimum Gasteiger partial charge on any atom is -0.508 e. The molecule has 3 aromatic rings. The number of nitrogens with one attached hydrogen (secondary N) is 1. The lowest BCUT2D eigenvalue weighted by atomic mass is 9.98. The largest absolute Gasteiger partial charge is 0.508 e. The van der Waals surface area contributed by atoms with Crippen molar-refractivity contribution in [3.63, 3.8) is 0 Å². The van der Waals surface area contributed by atoms with E-state index in [0.29, 0.717) is 30.9 Å². The van der Waals surface area contributed by atoms with Gasteiger partial charge in [-0.05, 0) is 48.4 Å².